The van der Waals surface area contributed by atoms with E-state index >= 15 is 0 Å². The second-order valence-electron chi connectivity index (χ2n) is 7.81. The van der Waals surface area contributed by atoms with E-state index in [9.17, 15) is 19.2 Å². The number of hydrogen-bond donors (Lipinski definition) is 2. The highest BCUT2D eigenvalue weighted by atomic mass is 79.9. The number of methoxy groups -OCH3 is 1. The summed E-state index contributed by atoms with van der Waals surface area (Å²) in [5.41, 5.74) is 0.791. The van der Waals surface area contributed by atoms with Gasteiger partial charge in [0.2, 0.25) is 0 Å². The normalized spacial score (nSPS) is 14.4. The van der Waals surface area contributed by atoms with Gasteiger partial charge in [-0.05, 0) is 82.7 Å². The van der Waals surface area contributed by atoms with Crippen molar-refractivity contribution >= 4 is 84.7 Å². The molecule has 3 aromatic carbocycles. The number of ether oxygens (including phenoxy) is 2. The first kappa shape index (κ1) is 27.4. The van der Waals surface area contributed by atoms with Gasteiger partial charge in [-0.3, -0.25) is 19.7 Å². The standard InChI is InChI=1S/C26H18Br2ClN3O6/c1-37-19-8-6-18(7-9-19)32-25(35)20(24(34)31-26(32)36)11-14-10-15(27)12-21(28)23(14)38-13-22(33)30-17-4-2-16(29)3-5-17/h2-12H,13H2,1H3,(H,30,33)(H,31,34,36)/b20-11+. The molecule has 1 aliphatic heterocycles. The lowest BCUT2D eigenvalue weighted by Crippen LogP contribution is -2.54. The minimum atomic E-state index is -0.881. The maximum atomic E-state index is 13.3. The van der Waals surface area contributed by atoms with E-state index in [1.807, 2.05) is 0 Å². The van der Waals surface area contributed by atoms with E-state index < -0.39 is 23.8 Å². The predicted octanol–water partition coefficient (Wildman–Crippen LogP) is 5.56. The van der Waals surface area contributed by atoms with E-state index in [1.54, 1.807) is 48.5 Å². The van der Waals surface area contributed by atoms with Crippen molar-refractivity contribution in [1.82, 2.24) is 5.32 Å². The highest BCUT2D eigenvalue weighted by molar-refractivity contribution is 9.11. The molecule has 3 aromatic rings. The zero-order valence-corrected chi connectivity index (χ0v) is 23.5. The number of nitrogens with zero attached hydrogens (tertiary/aromatic N) is 1. The summed E-state index contributed by atoms with van der Waals surface area (Å²) in [4.78, 5) is 51.8. The number of nitrogens with one attached hydrogen (secondary N) is 2. The van der Waals surface area contributed by atoms with Crippen LogP contribution in [0.3, 0.4) is 0 Å². The van der Waals surface area contributed by atoms with Crippen LogP contribution in [-0.4, -0.2) is 37.5 Å². The Balaban J connectivity index is 1.61. The minimum Gasteiger partial charge on any atom is -0.497 e. The number of benzene rings is 3. The summed E-state index contributed by atoms with van der Waals surface area (Å²) in [7, 11) is 1.49. The number of imide groups is 2. The molecule has 0 saturated carbocycles. The molecule has 38 heavy (non-hydrogen) atoms. The topological polar surface area (TPSA) is 114 Å². The van der Waals surface area contributed by atoms with Crippen LogP contribution in [0.5, 0.6) is 11.5 Å². The van der Waals surface area contributed by atoms with Crippen molar-refractivity contribution in [3.8, 4) is 11.5 Å². The SMILES string of the molecule is COc1ccc(N2C(=O)NC(=O)/C(=C\c3cc(Br)cc(Br)c3OCC(=O)Nc3ccc(Cl)cc3)C2=O)cc1. The molecule has 1 fully saturated rings. The van der Waals surface area contributed by atoms with E-state index in [2.05, 4.69) is 42.5 Å². The van der Waals surface area contributed by atoms with Crippen LogP contribution in [-0.2, 0) is 14.4 Å². The summed E-state index contributed by atoms with van der Waals surface area (Å²) in [6.45, 7) is -0.365. The summed E-state index contributed by atoms with van der Waals surface area (Å²) in [6.07, 6.45) is 1.29. The van der Waals surface area contributed by atoms with Crippen molar-refractivity contribution in [3.05, 3.63) is 85.8 Å². The number of carbonyl (C=O) groups excluding carboxylic acids is 4. The number of barbiturate groups is 1. The van der Waals surface area contributed by atoms with Gasteiger partial charge in [-0.15, -0.1) is 0 Å². The lowest BCUT2D eigenvalue weighted by Gasteiger charge is -2.26. The fourth-order valence-electron chi connectivity index (χ4n) is 3.49. The maximum absolute atomic E-state index is 13.3. The smallest absolute Gasteiger partial charge is 0.335 e. The molecule has 194 valence electrons. The van der Waals surface area contributed by atoms with Gasteiger partial charge in [0.1, 0.15) is 17.1 Å². The van der Waals surface area contributed by atoms with Crippen LogP contribution in [0.4, 0.5) is 16.2 Å². The number of amides is 5. The van der Waals surface area contributed by atoms with Gasteiger partial charge in [0, 0.05) is 20.7 Å². The summed E-state index contributed by atoms with van der Waals surface area (Å²) < 4.78 is 12.0. The van der Waals surface area contributed by atoms with Gasteiger partial charge in [-0.2, -0.15) is 0 Å². The monoisotopic (exact) mass is 661 g/mol. The molecular weight excluding hydrogens is 646 g/mol. The third-order valence-electron chi connectivity index (χ3n) is 5.24. The molecule has 12 heteroatoms. The number of hydrogen-bond acceptors (Lipinski definition) is 6. The van der Waals surface area contributed by atoms with Gasteiger partial charge >= 0.3 is 6.03 Å². The van der Waals surface area contributed by atoms with E-state index in [-0.39, 0.29) is 23.6 Å². The van der Waals surface area contributed by atoms with Crippen LogP contribution in [0.25, 0.3) is 6.08 Å². The Morgan fingerprint density at radius 1 is 1.05 bits per heavy atom. The first-order chi connectivity index (χ1) is 18.2. The Kier molecular flexibility index (Phi) is 8.50. The van der Waals surface area contributed by atoms with Crippen molar-refractivity contribution in [2.75, 3.05) is 23.9 Å². The lowest BCUT2D eigenvalue weighted by molar-refractivity contribution is -0.122. The zero-order chi connectivity index (χ0) is 27.4. The molecule has 0 aliphatic carbocycles. The zero-order valence-electron chi connectivity index (χ0n) is 19.6. The first-order valence-electron chi connectivity index (χ1n) is 10.9. The van der Waals surface area contributed by atoms with Gasteiger partial charge in [0.25, 0.3) is 17.7 Å². The average Bonchev–Trinajstić information content (AvgIpc) is 2.87. The Hall–Kier alpha value is -3.67. The first-order valence-corrected chi connectivity index (χ1v) is 12.9. The highest BCUT2D eigenvalue weighted by Gasteiger charge is 2.37. The lowest BCUT2D eigenvalue weighted by atomic mass is 10.1. The minimum absolute atomic E-state index is 0.209. The summed E-state index contributed by atoms with van der Waals surface area (Å²) in [6, 6.07) is 15.2. The Labute approximate surface area is 239 Å². The molecule has 0 radical (unpaired) electrons. The number of urea groups is 1. The molecule has 0 atom stereocenters. The molecule has 2 N–H and O–H groups in total. The number of anilines is 2. The molecule has 0 unspecified atom stereocenters. The third kappa shape index (κ3) is 6.24. The van der Waals surface area contributed by atoms with E-state index in [4.69, 9.17) is 21.1 Å². The summed E-state index contributed by atoms with van der Waals surface area (Å²) in [5, 5.41) is 5.40. The van der Waals surface area contributed by atoms with Crippen molar-refractivity contribution in [2.45, 2.75) is 0 Å². The van der Waals surface area contributed by atoms with Crippen molar-refractivity contribution in [1.29, 1.82) is 0 Å². The van der Waals surface area contributed by atoms with Crippen LogP contribution in [0.15, 0.2) is 75.2 Å². The Morgan fingerprint density at radius 3 is 2.39 bits per heavy atom. The van der Waals surface area contributed by atoms with Crippen molar-refractivity contribution < 1.29 is 28.7 Å². The molecule has 9 nitrogen and oxygen atoms in total. The molecular formula is C26H18Br2ClN3O6. The van der Waals surface area contributed by atoms with Crippen LogP contribution < -0.4 is 25.0 Å². The van der Waals surface area contributed by atoms with E-state index in [1.165, 1.54) is 25.3 Å². The van der Waals surface area contributed by atoms with Crippen molar-refractivity contribution in [2.24, 2.45) is 0 Å². The average molecular weight is 664 g/mol. The van der Waals surface area contributed by atoms with E-state index in [0.29, 0.717) is 31.0 Å². The van der Waals surface area contributed by atoms with Gasteiger partial charge in [-0.25, -0.2) is 9.69 Å². The fourth-order valence-corrected chi connectivity index (χ4v) is 4.99. The quantitative estimate of drug-likeness (QED) is 0.253. The highest BCUT2D eigenvalue weighted by Crippen LogP contribution is 2.35. The van der Waals surface area contributed by atoms with Gasteiger partial charge in [-0.1, -0.05) is 27.5 Å². The summed E-state index contributed by atoms with van der Waals surface area (Å²) >= 11 is 12.6. The third-order valence-corrected chi connectivity index (χ3v) is 6.54. The predicted molar refractivity (Wildman–Crippen MR) is 149 cm³/mol. The molecule has 0 spiro atoms. The van der Waals surface area contributed by atoms with Gasteiger partial charge < -0.3 is 14.8 Å². The molecule has 1 saturated heterocycles. The number of halogens is 3. The molecule has 0 aromatic heterocycles. The summed E-state index contributed by atoms with van der Waals surface area (Å²) in [5.74, 6) is -1.39. The maximum Gasteiger partial charge on any atom is 0.335 e. The van der Waals surface area contributed by atoms with E-state index in [0.717, 1.165) is 4.90 Å². The van der Waals surface area contributed by atoms with Gasteiger partial charge in [0.15, 0.2) is 6.61 Å². The molecule has 5 amide bonds. The van der Waals surface area contributed by atoms with Gasteiger partial charge in [0.05, 0.1) is 17.3 Å². The van der Waals surface area contributed by atoms with Crippen LogP contribution in [0.1, 0.15) is 5.56 Å². The van der Waals surface area contributed by atoms with Crippen LogP contribution in [0, 0.1) is 0 Å². The molecule has 1 heterocycles. The molecule has 4 rings (SSSR count). The number of rotatable bonds is 7. The Morgan fingerprint density at radius 2 is 1.74 bits per heavy atom. The van der Waals surface area contributed by atoms with Crippen LogP contribution in [0.2, 0.25) is 5.02 Å². The second kappa shape index (κ2) is 11.8. The van der Waals surface area contributed by atoms with Crippen molar-refractivity contribution in [3.63, 3.8) is 0 Å². The molecule has 1 aliphatic rings. The Bertz CT molecular complexity index is 1460. The fraction of sp³-hybridized carbons (Fsp3) is 0.0769. The molecule has 0 bridgehead atoms. The van der Waals surface area contributed by atoms with Crippen LogP contribution >= 0.6 is 43.5 Å². The second-order valence-corrected chi connectivity index (χ2v) is 10.0. The largest absolute Gasteiger partial charge is 0.497 e. The number of carbonyl (C=O) groups is 4.